The zero-order valence-corrected chi connectivity index (χ0v) is 19.2. The molecule has 0 aliphatic carbocycles. The van der Waals surface area contributed by atoms with Gasteiger partial charge in [-0.3, -0.25) is 14.8 Å². The highest BCUT2D eigenvalue weighted by atomic mass is 32.1. The Labute approximate surface area is 194 Å². The number of nitrogens with one attached hydrogen (secondary N) is 2. The summed E-state index contributed by atoms with van der Waals surface area (Å²) in [5.74, 6) is 1.82. The molecule has 2 aliphatic heterocycles. The maximum Gasteiger partial charge on any atom is 0.222 e. The molecule has 0 radical (unpaired) electrons. The number of hydrogen-bond donors (Lipinski definition) is 2. The number of ether oxygens (including phenoxy) is 1. The van der Waals surface area contributed by atoms with Crippen LogP contribution in [0.1, 0.15) is 23.3 Å². The maximum absolute atomic E-state index is 11.9. The highest BCUT2D eigenvalue weighted by Crippen LogP contribution is 2.39. The third kappa shape index (κ3) is 3.68. The van der Waals surface area contributed by atoms with Gasteiger partial charge in [0, 0.05) is 55.5 Å². The van der Waals surface area contributed by atoms with Crippen LogP contribution in [0.5, 0.6) is 5.75 Å². The first-order valence-electron chi connectivity index (χ1n) is 11.2. The van der Waals surface area contributed by atoms with Crippen LogP contribution in [0.15, 0.2) is 24.7 Å². The normalized spacial score (nSPS) is 16.6. The highest BCUT2D eigenvalue weighted by Gasteiger charge is 2.26. The van der Waals surface area contributed by atoms with Crippen molar-refractivity contribution in [2.24, 2.45) is 0 Å². The van der Waals surface area contributed by atoms with Gasteiger partial charge in [0.2, 0.25) is 5.91 Å². The second-order valence-electron chi connectivity index (χ2n) is 8.55. The summed E-state index contributed by atoms with van der Waals surface area (Å²) >= 11 is 1.74. The third-order valence-electron chi connectivity index (χ3n) is 6.59. The Morgan fingerprint density at radius 1 is 1.21 bits per heavy atom. The number of thiophene rings is 1. The van der Waals surface area contributed by atoms with Crippen LogP contribution in [-0.2, 0) is 17.8 Å². The minimum absolute atomic E-state index is 0.296. The average Bonchev–Trinajstić information content (AvgIpc) is 3.54. The van der Waals surface area contributed by atoms with Crippen LogP contribution in [0.4, 0.5) is 11.5 Å². The molecule has 0 saturated carbocycles. The van der Waals surface area contributed by atoms with Crippen molar-refractivity contribution in [3.63, 3.8) is 0 Å². The van der Waals surface area contributed by atoms with Gasteiger partial charge in [-0.25, -0.2) is 9.97 Å². The molecule has 2 aliphatic rings. The van der Waals surface area contributed by atoms with E-state index in [1.54, 1.807) is 31.0 Å². The molecule has 1 saturated heterocycles. The number of likely N-dealkylation sites (tertiary alicyclic amines) is 1. The number of hydrogen-bond acceptors (Lipinski definition) is 8. The van der Waals surface area contributed by atoms with E-state index in [0.717, 1.165) is 83.9 Å². The number of methoxy groups -OCH3 is 1. The van der Waals surface area contributed by atoms with Crippen molar-refractivity contribution >= 4 is 49.9 Å². The summed E-state index contributed by atoms with van der Waals surface area (Å²) in [6.07, 6.45) is 6.06. The number of fused-ring (bicyclic) bond motifs is 4. The molecular weight excluding hydrogens is 438 g/mol. The number of aromatic amines is 1. The molecule has 2 N–H and O–H groups in total. The van der Waals surface area contributed by atoms with Crippen LogP contribution >= 0.6 is 11.3 Å². The van der Waals surface area contributed by atoms with E-state index >= 15 is 0 Å². The van der Waals surface area contributed by atoms with Crippen molar-refractivity contribution in [2.45, 2.75) is 25.8 Å². The number of aromatic nitrogens is 4. The largest absolute Gasteiger partial charge is 0.494 e. The number of carbonyl (C=O) groups is 1. The number of carbonyl (C=O) groups excluding carboxylic acids is 1. The fourth-order valence-electron chi connectivity index (χ4n) is 4.83. The summed E-state index contributed by atoms with van der Waals surface area (Å²) < 4.78 is 5.61. The molecule has 1 amide bonds. The fraction of sp³-hybridized carbons (Fsp3) is 0.391. The zero-order chi connectivity index (χ0) is 22.4. The quantitative estimate of drug-likeness (QED) is 0.453. The van der Waals surface area contributed by atoms with Crippen molar-refractivity contribution < 1.29 is 9.53 Å². The van der Waals surface area contributed by atoms with E-state index in [2.05, 4.69) is 30.4 Å². The summed E-state index contributed by atoms with van der Waals surface area (Å²) in [6, 6.07) is 3.96. The van der Waals surface area contributed by atoms with Crippen molar-refractivity contribution in [1.82, 2.24) is 30.0 Å². The lowest BCUT2D eigenvalue weighted by Crippen LogP contribution is -2.38. The van der Waals surface area contributed by atoms with Crippen LogP contribution < -0.4 is 10.1 Å². The molecule has 5 heterocycles. The SMILES string of the molecule is COc1cc2[nH]ncc2cc1Nc1ncnc2sc3c(c12)CCN(CCN1CCCC1=O)C3. The molecule has 0 atom stereocenters. The molecule has 170 valence electrons. The van der Waals surface area contributed by atoms with E-state index in [1.165, 1.54) is 10.4 Å². The first kappa shape index (κ1) is 20.4. The molecule has 0 spiro atoms. The summed E-state index contributed by atoms with van der Waals surface area (Å²) in [4.78, 5) is 27.9. The van der Waals surface area contributed by atoms with Gasteiger partial charge in [-0.1, -0.05) is 0 Å². The number of nitrogens with zero attached hydrogens (tertiary/aromatic N) is 5. The van der Waals surface area contributed by atoms with E-state index in [4.69, 9.17) is 4.74 Å². The van der Waals surface area contributed by atoms with E-state index in [9.17, 15) is 4.79 Å². The number of amides is 1. The smallest absolute Gasteiger partial charge is 0.222 e. The average molecular weight is 464 g/mol. The van der Waals surface area contributed by atoms with Gasteiger partial charge in [0.25, 0.3) is 0 Å². The first-order valence-corrected chi connectivity index (χ1v) is 12.0. The number of benzene rings is 1. The Bertz CT molecular complexity index is 1350. The van der Waals surface area contributed by atoms with Crippen LogP contribution in [0.25, 0.3) is 21.1 Å². The highest BCUT2D eigenvalue weighted by molar-refractivity contribution is 7.19. The predicted molar refractivity (Wildman–Crippen MR) is 128 cm³/mol. The van der Waals surface area contributed by atoms with Crippen LogP contribution in [0.2, 0.25) is 0 Å². The standard InChI is InChI=1S/C23H25N7O2S/c1-32-18-10-16-14(11-26-28-16)9-17(18)27-22-21-15-4-6-29(7-8-30-5-2-3-20(30)31)12-19(15)33-23(21)25-13-24-22/h9-11,13H,2-8,12H2,1H3,(H,26,28)(H,24,25,27). The third-order valence-corrected chi connectivity index (χ3v) is 7.71. The molecular formula is C23H25N7O2S. The summed E-state index contributed by atoms with van der Waals surface area (Å²) in [7, 11) is 1.66. The van der Waals surface area contributed by atoms with E-state index in [0.29, 0.717) is 12.3 Å². The Kier molecular flexibility index (Phi) is 5.11. The predicted octanol–water partition coefficient (Wildman–Crippen LogP) is 3.30. The number of rotatable bonds is 6. The topological polar surface area (TPSA) is 99.3 Å². The van der Waals surface area contributed by atoms with Gasteiger partial charge in [-0.15, -0.1) is 11.3 Å². The minimum atomic E-state index is 0.296. The maximum atomic E-state index is 11.9. The van der Waals surface area contributed by atoms with Gasteiger partial charge in [-0.05, 0) is 24.5 Å². The second kappa shape index (κ2) is 8.27. The van der Waals surface area contributed by atoms with Gasteiger partial charge in [0.05, 0.1) is 29.9 Å². The Morgan fingerprint density at radius 2 is 2.15 bits per heavy atom. The molecule has 33 heavy (non-hydrogen) atoms. The summed E-state index contributed by atoms with van der Waals surface area (Å²) in [5, 5.41) is 12.7. The molecule has 4 aromatic rings. The fourth-order valence-corrected chi connectivity index (χ4v) is 6.06. The molecule has 1 fully saturated rings. The second-order valence-corrected chi connectivity index (χ2v) is 9.64. The van der Waals surface area contributed by atoms with Crippen LogP contribution in [0, 0.1) is 0 Å². The molecule has 0 unspecified atom stereocenters. The molecule has 10 heteroatoms. The molecule has 0 bridgehead atoms. The minimum Gasteiger partial charge on any atom is -0.494 e. The van der Waals surface area contributed by atoms with Crippen molar-refractivity contribution in [3.8, 4) is 5.75 Å². The van der Waals surface area contributed by atoms with Gasteiger partial charge >= 0.3 is 0 Å². The lowest BCUT2D eigenvalue weighted by atomic mass is 10.0. The van der Waals surface area contributed by atoms with Crippen molar-refractivity contribution in [2.75, 3.05) is 38.6 Å². The van der Waals surface area contributed by atoms with Gasteiger partial charge in [0.1, 0.15) is 22.7 Å². The monoisotopic (exact) mass is 463 g/mol. The number of H-pyrrole nitrogens is 1. The van der Waals surface area contributed by atoms with Crippen LogP contribution in [-0.4, -0.2) is 69.2 Å². The van der Waals surface area contributed by atoms with Crippen molar-refractivity contribution in [3.05, 3.63) is 35.1 Å². The van der Waals surface area contributed by atoms with E-state index in [1.807, 2.05) is 17.0 Å². The Balaban J connectivity index is 1.27. The molecule has 6 rings (SSSR count). The van der Waals surface area contributed by atoms with E-state index < -0.39 is 0 Å². The Morgan fingerprint density at radius 3 is 3.00 bits per heavy atom. The molecule has 9 nitrogen and oxygen atoms in total. The zero-order valence-electron chi connectivity index (χ0n) is 18.4. The van der Waals surface area contributed by atoms with Gasteiger partial charge < -0.3 is 15.0 Å². The van der Waals surface area contributed by atoms with Crippen LogP contribution in [0.3, 0.4) is 0 Å². The molecule has 1 aromatic carbocycles. The number of anilines is 2. The Hall–Kier alpha value is -3.24. The van der Waals surface area contributed by atoms with E-state index in [-0.39, 0.29) is 0 Å². The van der Waals surface area contributed by atoms with Crippen molar-refractivity contribution in [1.29, 1.82) is 0 Å². The lowest BCUT2D eigenvalue weighted by molar-refractivity contribution is -0.127. The van der Waals surface area contributed by atoms with Gasteiger partial charge in [-0.2, -0.15) is 5.10 Å². The summed E-state index contributed by atoms with van der Waals surface area (Å²) in [5.41, 5.74) is 3.10. The molecule has 3 aromatic heterocycles. The lowest BCUT2D eigenvalue weighted by Gasteiger charge is -2.28. The first-order chi connectivity index (χ1) is 16.2. The van der Waals surface area contributed by atoms with Gasteiger partial charge in [0.15, 0.2) is 0 Å². The summed E-state index contributed by atoms with van der Waals surface area (Å²) in [6.45, 7) is 4.50.